The van der Waals surface area contributed by atoms with Gasteiger partial charge in [-0.3, -0.25) is 0 Å². The first kappa shape index (κ1) is 27.7. The van der Waals surface area contributed by atoms with Crippen molar-refractivity contribution in [2.45, 2.75) is 26.1 Å². The highest BCUT2D eigenvalue weighted by Crippen LogP contribution is 2.19. The molecular formula is C24H29Cl2NO7. The molecule has 0 aliphatic rings. The number of hydrogen-bond acceptors (Lipinski definition) is 6. The van der Waals surface area contributed by atoms with Gasteiger partial charge < -0.3 is 29.0 Å². The van der Waals surface area contributed by atoms with Crippen LogP contribution in [0.2, 0.25) is 10.0 Å². The molecule has 0 saturated carbocycles. The number of carboxylic acid groups (broad SMARTS) is 1. The van der Waals surface area contributed by atoms with E-state index in [1.165, 1.54) is 12.0 Å². The van der Waals surface area contributed by atoms with Crippen LogP contribution in [0.4, 0.5) is 4.79 Å². The van der Waals surface area contributed by atoms with Crippen molar-refractivity contribution in [3.63, 3.8) is 0 Å². The Balaban J connectivity index is 1.78. The van der Waals surface area contributed by atoms with Crippen molar-refractivity contribution >= 4 is 35.3 Å². The molecular weight excluding hydrogens is 485 g/mol. The number of ether oxygens (including phenoxy) is 4. The summed E-state index contributed by atoms with van der Waals surface area (Å²) in [6.07, 6.45) is -1.10. The van der Waals surface area contributed by atoms with E-state index in [9.17, 15) is 14.7 Å². The lowest BCUT2D eigenvalue weighted by Gasteiger charge is -2.21. The lowest BCUT2D eigenvalue weighted by molar-refractivity contribution is -0.149. The minimum atomic E-state index is -0.995. The normalized spacial score (nSPS) is 11.6. The summed E-state index contributed by atoms with van der Waals surface area (Å²) in [5.41, 5.74) is 1.66. The van der Waals surface area contributed by atoms with E-state index in [2.05, 4.69) is 0 Å². The van der Waals surface area contributed by atoms with Gasteiger partial charge in [0.15, 0.2) is 6.10 Å². The number of carbonyl (C=O) groups is 2. The van der Waals surface area contributed by atoms with Crippen molar-refractivity contribution in [1.29, 1.82) is 0 Å². The number of halogens is 2. The van der Waals surface area contributed by atoms with E-state index >= 15 is 0 Å². The zero-order valence-electron chi connectivity index (χ0n) is 19.2. The van der Waals surface area contributed by atoms with Crippen molar-refractivity contribution in [2.75, 3.05) is 40.0 Å². The molecule has 0 fully saturated rings. The lowest BCUT2D eigenvalue weighted by Crippen LogP contribution is -2.37. The van der Waals surface area contributed by atoms with E-state index in [4.69, 9.17) is 42.1 Å². The Bertz CT molecular complexity index is 904. The van der Waals surface area contributed by atoms with Gasteiger partial charge in [0.05, 0.1) is 26.9 Å². The predicted molar refractivity (Wildman–Crippen MR) is 129 cm³/mol. The second-order valence-electron chi connectivity index (χ2n) is 7.27. The number of rotatable bonds is 14. The first-order valence-corrected chi connectivity index (χ1v) is 11.5. The number of amides is 1. The minimum absolute atomic E-state index is 0.245. The smallest absolute Gasteiger partial charge is 0.409 e. The van der Waals surface area contributed by atoms with Gasteiger partial charge in [-0.1, -0.05) is 35.3 Å². The maximum Gasteiger partial charge on any atom is 0.409 e. The third-order valence-corrected chi connectivity index (χ3v) is 5.18. The van der Waals surface area contributed by atoms with E-state index in [0.29, 0.717) is 48.7 Å². The highest BCUT2D eigenvalue weighted by atomic mass is 35.5. The molecule has 0 bridgehead atoms. The van der Waals surface area contributed by atoms with Crippen molar-refractivity contribution in [3.05, 3.63) is 63.6 Å². The van der Waals surface area contributed by atoms with Crippen LogP contribution in [0.1, 0.15) is 18.1 Å². The summed E-state index contributed by atoms with van der Waals surface area (Å²) in [5.74, 6) is -0.392. The van der Waals surface area contributed by atoms with E-state index in [1.54, 1.807) is 49.4 Å². The maximum absolute atomic E-state index is 12.1. The summed E-state index contributed by atoms with van der Waals surface area (Å²) in [6, 6.07) is 12.3. The van der Waals surface area contributed by atoms with E-state index in [1.807, 2.05) is 0 Å². The zero-order chi connectivity index (χ0) is 24.9. The third-order valence-electron chi connectivity index (χ3n) is 4.75. The average Bonchev–Trinajstić information content (AvgIpc) is 2.80. The summed E-state index contributed by atoms with van der Waals surface area (Å²) in [5, 5.41) is 10.3. The molecule has 1 N–H and O–H groups in total. The van der Waals surface area contributed by atoms with Crippen LogP contribution in [0.15, 0.2) is 42.5 Å². The largest absolute Gasteiger partial charge is 0.492 e. The SMILES string of the molecule is CCOC(Cc1ccc(OCCN(CCOCc2cc(Cl)cc(Cl)c2)C(=O)OC)cc1)C(=O)O. The molecule has 0 spiro atoms. The van der Waals surface area contributed by atoms with Crippen LogP contribution >= 0.6 is 23.2 Å². The molecule has 2 aromatic rings. The third kappa shape index (κ3) is 9.77. The Hall–Kier alpha value is -2.52. The summed E-state index contributed by atoms with van der Waals surface area (Å²) in [6.45, 7) is 3.54. The number of carbonyl (C=O) groups excluding carboxylic acids is 1. The fraction of sp³-hybridized carbons (Fsp3) is 0.417. The van der Waals surface area contributed by atoms with Crippen molar-refractivity contribution in [1.82, 2.24) is 4.90 Å². The van der Waals surface area contributed by atoms with Crippen LogP contribution < -0.4 is 4.74 Å². The molecule has 1 amide bonds. The Morgan fingerprint density at radius 1 is 1.00 bits per heavy atom. The number of methoxy groups -OCH3 is 1. The number of benzene rings is 2. The molecule has 0 radical (unpaired) electrons. The standard InChI is InChI=1S/C24H29Cl2NO7/c1-3-33-22(23(28)29)14-17-4-6-21(7-5-17)34-11-9-27(24(30)31-2)8-10-32-16-18-12-19(25)15-20(26)13-18/h4-7,12-13,15,22H,3,8-11,14,16H2,1-2H3,(H,28,29). The molecule has 0 heterocycles. The average molecular weight is 514 g/mol. The van der Waals surface area contributed by atoms with Gasteiger partial charge in [-0.25, -0.2) is 9.59 Å². The Morgan fingerprint density at radius 2 is 1.65 bits per heavy atom. The quantitative estimate of drug-likeness (QED) is 0.366. The van der Waals surface area contributed by atoms with Crippen LogP contribution in [0.3, 0.4) is 0 Å². The maximum atomic E-state index is 12.1. The Morgan fingerprint density at radius 3 is 2.24 bits per heavy atom. The molecule has 10 heteroatoms. The van der Waals surface area contributed by atoms with E-state index < -0.39 is 18.2 Å². The number of carboxylic acids is 1. The molecule has 2 aromatic carbocycles. The number of nitrogens with zero attached hydrogens (tertiary/aromatic N) is 1. The molecule has 186 valence electrons. The highest BCUT2D eigenvalue weighted by Gasteiger charge is 2.18. The van der Waals surface area contributed by atoms with Crippen LogP contribution in [0, 0.1) is 0 Å². The van der Waals surface area contributed by atoms with Gasteiger partial charge in [-0.2, -0.15) is 0 Å². The lowest BCUT2D eigenvalue weighted by atomic mass is 10.1. The summed E-state index contributed by atoms with van der Waals surface area (Å²) in [7, 11) is 1.32. The fourth-order valence-corrected chi connectivity index (χ4v) is 3.68. The van der Waals surface area contributed by atoms with E-state index in [-0.39, 0.29) is 13.0 Å². The summed E-state index contributed by atoms with van der Waals surface area (Å²) < 4.78 is 21.4. The van der Waals surface area contributed by atoms with Crippen LogP contribution in [-0.4, -0.2) is 68.2 Å². The molecule has 2 rings (SSSR count). The second-order valence-corrected chi connectivity index (χ2v) is 8.14. The molecule has 34 heavy (non-hydrogen) atoms. The molecule has 0 aromatic heterocycles. The van der Waals surface area contributed by atoms with Gasteiger partial charge >= 0.3 is 12.1 Å². The van der Waals surface area contributed by atoms with Gasteiger partial charge in [0.1, 0.15) is 12.4 Å². The van der Waals surface area contributed by atoms with Crippen LogP contribution in [-0.2, 0) is 32.0 Å². The van der Waals surface area contributed by atoms with Gasteiger partial charge in [-0.15, -0.1) is 0 Å². The Kier molecular flexibility index (Phi) is 12.0. The molecule has 8 nitrogen and oxygen atoms in total. The molecule has 1 unspecified atom stereocenters. The first-order chi connectivity index (χ1) is 16.3. The van der Waals surface area contributed by atoms with Gasteiger partial charge in [0, 0.05) is 29.6 Å². The van der Waals surface area contributed by atoms with Gasteiger partial charge in [0.2, 0.25) is 0 Å². The first-order valence-electron chi connectivity index (χ1n) is 10.7. The minimum Gasteiger partial charge on any atom is -0.492 e. The number of aliphatic carboxylic acids is 1. The monoisotopic (exact) mass is 513 g/mol. The highest BCUT2D eigenvalue weighted by molar-refractivity contribution is 6.34. The molecule has 0 aliphatic heterocycles. The molecule has 0 saturated heterocycles. The second kappa shape index (κ2) is 14.7. The van der Waals surface area contributed by atoms with Gasteiger partial charge in [-0.05, 0) is 48.4 Å². The summed E-state index contributed by atoms with van der Waals surface area (Å²) >= 11 is 12.0. The van der Waals surface area contributed by atoms with Gasteiger partial charge in [0.25, 0.3) is 0 Å². The van der Waals surface area contributed by atoms with Crippen LogP contribution in [0.25, 0.3) is 0 Å². The van der Waals surface area contributed by atoms with Crippen LogP contribution in [0.5, 0.6) is 5.75 Å². The van der Waals surface area contributed by atoms with Crippen molar-refractivity contribution in [2.24, 2.45) is 0 Å². The Labute approximate surface area is 209 Å². The van der Waals surface area contributed by atoms with E-state index in [0.717, 1.165) is 11.1 Å². The van der Waals surface area contributed by atoms with Crippen molar-refractivity contribution in [3.8, 4) is 5.75 Å². The predicted octanol–water partition coefficient (Wildman–Crippen LogP) is 4.69. The van der Waals surface area contributed by atoms with Crippen molar-refractivity contribution < 1.29 is 33.6 Å². The summed E-state index contributed by atoms with van der Waals surface area (Å²) in [4.78, 5) is 24.8. The zero-order valence-corrected chi connectivity index (χ0v) is 20.7. The molecule has 1 atom stereocenters. The topological polar surface area (TPSA) is 94.5 Å². The molecule has 0 aliphatic carbocycles. The number of hydrogen-bond donors (Lipinski definition) is 1. The fourth-order valence-electron chi connectivity index (χ4n) is 3.11.